The number of hydrogen-bond donors (Lipinski definition) is 2. The van der Waals surface area contributed by atoms with Gasteiger partial charge in [0.25, 0.3) is 0 Å². The summed E-state index contributed by atoms with van der Waals surface area (Å²) in [4.78, 5) is 3.33. The highest BCUT2D eigenvalue weighted by atomic mass is 79.9. The fourth-order valence-corrected chi connectivity index (χ4v) is 3.77. The number of fused-ring (bicyclic) bond motifs is 1. The van der Waals surface area contributed by atoms with E-state index in [1.54, 1.807) is 0 Å². The fraction of sp³-hybridized carbons (Fsp3) is 0.182. The summed E-state index contributed by atoms with van der Waals surface area (Å²) in [6.45, 7) is 3.74. The van der Waals surface area contributed by atoms with Crippen molar-refractivity contribution in [1.29, 1.82) is 0 Å². The molecule has 0 aliphatic carbocycles. The zero-order valence-corrected chi connectivity index (χ0v) is 17.5. The third kappa shape index (κ3) is 4.46. The Hall–Kier alpha value is -2.01. The van der Waals surface area contributed by atoms with Crippen molar-refractivity contribution in [2.75, 3.05) is 6.54 Å². The lowest BCUT2D eigenvalue weighted by Gasteiger charge is -2.04. The lowest BCUT2D eigenvalue weighted by molar-refractivity contribution is 0.494. The molecule has 0 spiro atoms. The monoisotopic (exact) mass is 444 g/mol. The lowest BCUT2D eigenvalue weighted by Crippen LogP contribution is -2.16. The average Bonchev–Trinajstić information content (AvgIpc) is 3.26. The molecule has 0 amide bonds. The number of halogens is 2. The van der Waals surface area contributed by atoms with Crippen molar-refractivity contribution < 1.29 is 4.42 Å². The number of nitrogens with one attached hydrogen (secondary N) is 2. The molecule has 4 aromatic rings. The van der Waals surface area contributed by atoms with Crippen LogP contribution in [0.15, 0.2) is 69.7 Å². The van der Waals surface area contributed by atoms with Crippen molar-refractivity contribution in [3.8, 4) is 11.3 Å². The van der Waals surface area contributed by atoms with Gasteiger partial charge in [-0.3, -0.25) is 0 Å². The quantitative estimate of drug-likeness (QED) is 0.344. The molecule has 0 aliphatic rings. The maximum absolute atomic E-state index is 6.01. The standard InChI is InChI=1S/C22H21BrN2O.ClH/c1-15-12-17(23)6-8-19(15)22-9-7-18(26-22)14-24-11-10-16-13-25-21-5-3-2-4-20(16)21;/h2-9,12-13,24-25H,10-11,14H2,1H3;1H. The van der Waals surface area contributed by atoms with Crippen LogP contribution >= 0.6 is 28.3 Å². The van der Waals surface area contributed by atoms with Crippen LogP contribution in [0.2, 0.25) is 0 Å². The van der Waals surface area contributed by atoms with Crippen LogP contribution in [0.3, 0.4) is 0 Å². The van der Waals surface area contributed by atoms with Crippen LogP contribution in [0, 0.1) is 6.92 Å². The SMILES string of the molecule is Cc1cc(Br)ccc1-c1ccc(CNCCc2c[nH]c3ccccc23)o1.Cl. The molecule has 5 heteroatoms. The van der Waals surface area contributed by atoms with Crippen LogP contribution in [0.1, 0.15) is 16.9 Å². The molecule has 0 radical (unpaired) electrons. The van der Waals surface area contributed by atoms with Gasteiger partial charge in [-0.15, -0.1) is 12.4 Å². The Morgan fingerprint density at radius 2 is 1.93 bits per heavy atom. The van der Waals surface area contributed by atoms with Gasteiger partial charge >= 0.3 is 0 Å². The molecular formula is C22H22BrClN2O. The van der Waals surface area contributed by atoms with Crippen molar-refractivity contribution >= 4 is 39.2 Å². The van der Waals surface area contributed by atoms with Gasteiger partial charge in [-0.25, -0.2) is 0 Å². The second-order valence-corrected chi connectivity index (χ2v) is 7.43. The highest BCUT2D eigenvalue weighted by molar-refractivity contribution is 9.10. The Morgan fingerprint density at radius 1 is 1.07 bits per heavy atom. The van der Waals surface area contributed by atoms with Crippen LogP contribution in [0.5, 0.6) is 0 Å². The van der Waals surface area contributed by atoms with E-state index in [1.807, 2.05) is 12.1 Å². The minimum atomic E-state index is 0. The largest absolute Gasteiger partial charge is 0.460 e. The first kappa shape index (κ1) is 19.7. The molecule has 2 N–H and O–H groups in total. The Kier molecular flexibility index (Phi) is 6.42. The third-order valence-electron chi connectivity index (χ3n) is 4.66. The minimum Gasteiger partial charge on any atom is -0.460 e. The van der Waals surface area contributed by atoms with Crippen LogP contribution in [-0.4, -0.2) is 11.5 Å². The average molecular weight is 446 g/mol. The highest BCUT2D eigenvalue weighted by Gasteiger charge is 2.08. The van der Waals surface area contributed by atoms with Crippen molar-refractivity contribution in [3.05, 3.63) is 82.2 Å². The van der Waals surface area contributed by atoms with E-state index in [-0.39, 0.29) is 12.4 Å². The van der Waals surface area contributed by atoms with Crippen LogP contribution in [0.25, 0.3) is 22.2 Å². The van der Waals surface area contributed by atoms with E-state index < -0.39 is 0 Å². The molecule has 2 aromatic heterocycles. The Morgan fingerprint density at radius 3 is 2.78 bits per heavy atom. The zero-order valence-electron chi connectivity index (χ0n) is 15.1. The number of para-hydroxylation sites is 1. The number of aryl methyl sites for hydroxylation is 1. The molecule has 3 nitrogen and oxygen atoms in total. The first-order valence-corrected chi connectivity index (χ1v) is 9.61. The Bertz CT molecular complexity index is 1040. The molecular weight excluding hydrogens is 424 g/mol. The predicted octanol–water partition coefficient (Wildman–Crippen LogP) is 6.25. The lowest BCUT2D eigenvalue weighted by atomic mass is 10.1. The minimum absolute atomic E-state index is 0. The molecule has 4 rings (SSSR count). The smallest absolute Gasteiger partial charge is 0.134 e. The third-order valence-corrected chi connectivity index (χ3v) is 5.15. The molecule has 0 fully saturated rings. The summed E-state index contributed by atoms with van der Waals surface area (Å²) >= 11 is 3.50. The number of hydrogen-bond acceptors (Lipinski definition) is 2. The molecule has 0 aliphatic heterocycles. The molecule has 0 atom stereocenters. The van der Waals surface area contributed by atoms with Crippen molar-refractivity contribution in [2.45, 2.75) is 19.9 Å². The van der Waals surface area contributed by atoms with Crippen LogP contribution < -0.4 is 5.32 Å². The van der Waals surface area contributed by atoms with Crippen molar-refractivity contribution in [2.24, 2.45) is 0 Å². The molecule has 0 saturated carbocycles. The fourth-order valence-electron chi connectivity index (χ4n) is 3.29. The predicted molar refractivity (Wildman–Crippen MR) is 118 cm³/mol. The number of furan rings is 1. The summed E-state index contributed by atoms with van der Waals surface area (Å²) in [5.41, 5.74) is 4.88. The van der Waals surface area contributed by atoms with E-state index in [1.165, 1.54) is 22.0 Å². The van der Waals surface area contributed by atoms with Gasteiger partial charge < -0.3 is 14.7 Å². The number of aromatic nitrogens is 1. The summed E-state index contributed by atoms with van der Waals surface area (Å²) in [5, 5.41) is 4.78. The molecule has 140 valence electrons. The maximum Gasteiger partial charge on any atom is 0.134 e. The molecule has 0 bridgehead atoms. The highest BCUT2D eigenvalue weighted by Crippen LogP contribution is 2.27. The van der Waals surface area contributed by atoms with Gasteiger partial charge in [-0.2, -0.15) is 0 Å². The van der Waals surface area contributed by atoms with Crippen LogP contribution in [-0.2, 0) is 13.0 Å². The first-order chi connectivity index (χ1) is 12.7. The number of benzene rings is 2. The van der Waals surface area contributed by atoms with Crippen molar-refractivity contribution in [3.63, 3.8) is 0 Å². The molecule has 0 saturated heterocycles. The number of rotatable bonds is 6. The number of H-pyrrole nitrogens is 1. The van der Waals surface area contributed by atoms with Crippen molar-refractivity contribution in [1.82, 2.24) is 10.3 Å². The normalized spacial score (nSPS) is 10.9. The van der Waals surface area contributed by atoms with Gasteiger partial charge in [0.2, 0.25) is 0 Å². The summed E-state index contributed by atoms with van der Waals surface area (Å²) in [5.74, 6) is 1.88. The molecule has 2 aromatic carbocycles. The number of aromatic amines is 1. The molecule has 2 heterocycles. The van der Waals surface area contributed by atoms with Gasteiger partial charge in [-0.1, -0.05) is 34.1 Å². The second-order valence-electron chi connectivity index (χ2n) is 6.51. The van der Waals surface area contributed by atoms with Crippen LogP contribution in [0.4, 0.5) is 0 Å². The van der Waals surface area contributed by atoms with Gasteiger partial charge in [0.1, 0.15) is 11.5 Å². The van der Waals surface area contributed by atoms with E-state index in [0.29, 0.717) is 0 Å². The summed E-state index contributed by atoms with van der Waals surface area (Å²) in [7, 11) is 0. The van der Waals surface area contributed by atoms with Gasteiger partial charge in [-0.05, 0) is 67.4 Å². The van der Waals surface area contributed by atoms with Gasteiger partial charge in [0.05, 0.1) is 6.54 Å². The van der Waals surface area contributed by atoms with Gasteiger partial charge in [0.15, 0.2) is 0 Å². The zero-order chi connectivity index (χ0) is 17.9. The first-order valence-electron chi connectivity index (χ1n) is 8.81. The van der Waals surface area contributed by atoms with E-state index in [2.05, 4.69) is 81.8 Å². The maximum atomic E-state index is 6.01. The summed E-state index contributed by atoms with van der Waals surface area (Å²) < 4.78 is 7.10. The molecule has 27 heavy (non-hydrogen) atoms. The van der Waals surface area contributed by atoms with E-state index in [4.69, 9.17) is 4.42 Å². The van der Waals surface area contributed by atoms with E-state index >= 15 is 0 Å². The van der Waals surface area contributed by atoms with Gasteiger partial charge in [0, 0.05) is 27.1 Å². The Labute approximate surface area is 173 Å². The van der Waals surface area contributed by atoms with E-state index in [9.17, 15) is 0 Å². The molecule has 0 unspecified atom stereocenters. The summed E-state index contributed by atoms with van der Waals surface area (Å²) in [6, 6.07) is 18.8. The summed E-state index contributed by atoms with van der Waals surface area (Å²) in [6.07, 6.45) is 3.09. The second kappa shape index (κ2) is 8.79. The van der Waals surface area contributed by atoms with E-state index in [0.717, 1.165) is 41.1 Å². The topological polar surface area (TPSA) is 41.0 Å². The Balaban J connectivity index is 0.00000210.